The molecule has 84 valence electrons. The molecule has 0 N–H and O–H groups in total. The minimum atomic E-state index is -0.528. The Bertz CT molecular complexity index is 243. The molecule has 15 heavy (non-hydrogen) atoms. The van der Waals surface area contributed by atoms with Gasteiger partial charge in [-0.15, -0.1) is 0 Å². The van der Waals surface area contributed by atoms with Crippen LogP contribution < -0.4 is 0 Å². The van der Waals surface area contributed by atoms with Gasteiger partial charge in [0.1, 0.15) is 0 Å². The topological polar surface area (TPSA) is 43.4 Å². The summed E-state index contributed by atoms with van der Waals surface area (Å²) in [6.45, 7) is 0. The quantitative estimate of drug-likeness (QED) is 0.456. The van der Waals surface area contributed by atoms with Crippen molar-refractivity contribution in [1.82, 2.24) is 0 Å². The van der Waals surface area contributed by atoms with Crippen molar-refractivity contribution in [3.63, 3.8) is 0 Å². The van der Waals surface area contributed by atoms with Gasteiger partial charge in [0.05, 0.1) is 0 Å². The van der Waals surface area contributed by atoms with Crippen molar-refractivity contribution < 1.29 is 14.3 Å². The minimum absolute atomic E-state index is 0.361. The number of hydrogen-bond acceptors (Lipinski definition) is 3. The molecule has 3 nitrogen and oxygen atoms in total. The van der Waals surface area contributed by atoms with Gasteiger partial charge in [0.15, 0.2) is 0 Å². The molecule has 0 saturated carbocycles. The van der Waals surface area contributed by atoms with Crippen molar-refractivity contribution in [3.8, 4) is 0 Å². The van der Waals surface area contributed by atoms with Crippen molar-refractivity contribution in [2.75, 3.05) is 0 Å². The number of hydrogen-bond donors (Lipinski definition) is 0. The average molecular weight is 210 g/mol. The van der Waals surface area contributed by atoms with Gasteiger partial charge >= 0.3 is 11.9 Å². The summed E-state index contributed by atoms with van der Waals surface area (Å²) in [7, 11) is 0. The van der Waals surface area contributed by atoms with Gasteiger partial charge in [-0.05, 0) is 19.3 Å². The summed E-state index contributed by atoms with van der Waals surface area (Å²) in [4.78, 5) is 22.2. The Labute approximate surface area is 90.5 Å². The molecule has 0 spiro atoms. The second-order valence-electron chi connectivity index (χ2n) is 3.86. The Morgan fingerprint density at radius 3 is 2.40 bits per heavy atom. The SMILES string of the molecule is O=C1/C=C/CCCCCCCCC(=O)O1. The number of esters is 2. The molecule has 1 aliphatic rings. The summed E-state index contributed by atoms with van der Waals surface area (Å²) < 4.78 is 4.60. The van der Waals surface area contributed by atoms with Crippen LogP contribution >= 0.6 is 0 Å². The van der Waals surface area contributed by atoms with Crippen LogP contribution in [0.3, 0.4) is 0 Å². The van der Waals surface area contributed by atoms with E-state index in [-0.39, 0.29) is 0 Å². The third kappa shape index (κ3) is 6.05. The lowest BCUT2D eigenvalue weighted by molar-refractivity contribution is -0.156. The lowest BCUT2D eigenvalue weighted by Gasteiger charge is -2.00. The lowest BCUT2D eigenvalue weighted by Crippen LogP contribution is -2.09. The van der Waals surface area contributed by atoms with Crippen LogP contribution in [0.1, 0.15) is 51.4 Å². The van der Waals surface area contributed by atoms with Crippen molar-refractivity contribution in [2.24, 2.45) is 0 Å². The Morgan fingerprint density at radius 2 is 1.60 bits per heavy atom. The van der Waals surface area contributed by atoms with E-state index in [1.165, 1.54) is 25.3 Å². The van der Waals surface area contributed by atoms with Crippen LogP contribution in [0.5, 0.6) is 0 Å². The molecule has 1 aliphatic heterocycles. The third-order valence-electron chi connectivity index (χ3n) is 2.47. The van der Waals surface area contributed by atoms with Gasteiger partial charge in [0.25, 0.3) is 0 Å². The fraction of sp³-hybridized carbons (Fsp3) is 0.667. The zero-order chi connectivity index (χ0) is 10.9. The number of carbonyl (C=O) groups is 2. The molecule has 0 atom stereocenters. The summed E-state index contributed by atoms with van der Waals surface area (Å²) in [6, 6.07) is 0. The fourth-order valence-corrected chi connectivity index (χ4v) is 1.62. The maximum Gasteiger partial charge on any atom is 0.338 e. The monoisotopic (exact) mass is 210 g/mol. The second-order valence-corrected chi connectivity index (χ2v) is 3.86. The molecule has 1 rings (SSSR count). The van der Waals surface area contributed by atoms with Gasteiger partial charge in [-0.3, -0.25) is 4.79 Å². The number of rotatable bonds is 0. The lowest BCUT2D eigenvalue weighted by atomic mass is 10.1. The molecule has 0 amide bonds. The van der Waals surface area contributed by atoms with Crippen LogP contribution in [0, 0.1) is 0 Å². The summed E-state index contributed by atoms with van der Waals surface area (Å²) >= 11 is 0. The molecular weight excluding hydrogens is 192 g/mol. The van der Waals surface area contributed by atoms with Gasteiger partial charge < -0.3 is 4.74 Å². The van der Waals surface area contributed by atoms with Crippen LogP contribution in [0.2, 0.25) is 0 Å². The van der Waals surface area contributed by atoms with E-state index in [4.69, 9.17) is 0 Å². The first-order valence-electron chi connectivity index (χ1n) is 5.70. The standard InChI is InChI=1S/C12H18O3/c13-11-9-7-5-3-1-2-4-6-8-10-12(14)15-11/h7,9H,1-6,8,10H2/b9-7+. The Hall–Kier alpha value is -1.12. The number of carbonyl (C=O) groups excluding carboxylic acids is 2. The molecule has 3 heteroatoms. The van der Waals surface area contributed by atoms with Crippen molar-refractivity contribution >= 4 is 11.9 Å². The van der Waals surface area contributed by atoms with Crippen LogP contribution in [0.25, 0.3) is 0 Å². The zero-order valence-electron chi connectivity index (χ0n) is 9.04. The van der Waals surface area contributed by atoms with Gasteiger partial charge in [0.2, 0.25) is 0 Å². The summed E-state index contributed by atoms with van der Waals surface area (Å²) in [5, 5.41) is 0. The fourth-order valence-electron chi connectivity index (χ4n) is 1.62. The van der Waals surface area contributed by atoms with Crippen LogP contribution in [-0.4, -0.2) is 11.9 Å². The van der Waals surface area contributed by atoms with E-state index in [2.05, 4.69) is 4.74 Å². The molecule has 0 fully saturated rings. The Morgan fingerprint density at radius 1 is 0.933 bits per heavy atom. The molecular formula is C12H18O3. The van der Waals surface area contributed by atoms with E-state index in [0.717, 1.165) is 25.7 Å². The molecule has 1 heterocycles. The first-order chi connectivity index (χ1) is 7.29. The van der Waals surface area contributed by atoms with Gasteiger partial charge in [-0.1, -0.05) is 31.8 Å². The highest BCUT2D eigenvalue weighted by molar-refractivity contribution is 5.91. The molecule has 0 bridgehead atoms. The van der Waals surface area contributed by atoms with Crippen molar-refractivity contribution in [2.45, 2.75) is 51.4 Å². The van der Waals surface area contributed by atoms with Gasteiger partial charge in [-0.25, -0.2) is 4.79 Å². The second kappa shape index (κ2) is 7.21. The summed E-state index contributed by atoms with van der Waals surface area (Å²) in [5.74, 6) is -0.928. The zero-order valence-corrected chi connectivity index (χ0v) is 9.04. The molecule has 0 aliphatic carbocycles. The molecule has 0 aromatic rings. The highest BCUT2D eigenvalue weighted by Crippen LogP contribution is 2.10. The summed E-state index contributed by atoms with van der Waals surface area (Å²) in [5.41, 5.74) is 0. The minimum Gasteiger partial charge on any atom is -0.390 e. The third-order valence-corrected chi connectivity index (χ3v) is 2.47. The summed E-state index contributed by atoms with van der Waals surface area (Å²) in [6.07, 6.45) is 11.0. The smallest absolute Gasteiger partial charge is 0.338 e. The molecule has 0 aromatic carbocycles. The van der Waals surface area contributed by atoms with Crippen LogP contribution in [-0.2, 0) is 14.3 Å². The van der Waals surface area contributed by atoms with Crippen molar-refractivity contribution in [3.05, 3.63) is 12.2 Å². The molecule has 0 unspecified atom stereocenters. The molecule has 0 aromatic heterocycles. The van der Waals surface area contributed by atoms with E-state index in [0.29, 0.717) is 6.42 Å². The van der Waals surface area contributed by atoms with Gasteiger partial charge in [0, 0.05) is 12.5 Å². The number of cyclic esters (lactones) is 2. The number of ether oxygens (including phenoxy) is 1. The van der Waals surface area contributed by atoms with Crippen LogP contribution in [0.15, 0.2) is 12.2 Å². The van der Waals surface area contributed by atoms with Crippen molar-refractivity contribution in [1.29, 1.82) is 0 Å². The van der Waals surface area contributed by atoms with E-state index in [1.54, 1.807) is 6.08 Å². The Balaban J connectivity index is 2.39. The van der Waals surface area contributed by atoms with E-state index in [9.17, 15) is 9.59 Å². The largest absolute Gasteiger partial charge is 0.390 e. The highest BCUT2D eigenvalue weighted by atomic mass is 16.6. The first kappa shape index (κ1) is 12.0. The number of allylic oxidation sites excluding steroid dienone is 1. The maximum atomic E-state index is 11.1. The molecule has 0 radical (unpaired) electrons. The normalized spacial score (nSPS) is 23.2. The average Bonchev–Trinajstić information content (AvgIpc) is 2.21. The Kier molecular flexibility index (Phi) is 5.74. The predicted molar refractivity (Wildman–Crippen MR) is 57.2 cm³/mol. The van der Waals surface area contributed by atoms with Crippen LogP contribution in [0.4, 0.5) is 0 Å². The first-order valence-corrected chi connectivity index (χ1v) is 5.70. The maximum absolute atomic E-state index is 11.1. The highest BCUT2D eigenvalue weighted by Gasteiger charge is 2.07. The van der Waals surface area contributed by atoms with E-state index >= 15 is 0 Å². The van der Waals surface area contributed by atoms with E-state index < -0.39 is 11.9 Å². The predicted octanol–water partition coefficient (Wildman–Crippen LogP) is 2.75. The van der Waals surface area contributed by atoms with Gasteiger partial charge in [-0.2, -0.15) is 0 Å². The van der Waals surface area contributed by atoms with E-state index in [1.807, 2.05) is 0 Å². The molecule has 0 saturated heterocycles.